The van der Waals surface area contributed by atoms with Crippen molar-refractivity contribution >= 4 is 24.0 Å². The van der Waals surface area contributed by atoms with Gasteiger partial charge in [-0.05, 0) is 24.3 Å². The Balaban J connectivity index is 0.00000220. The Labute approximate surface area is 167 Å². The average molecular weight is 343 g/mol. The van der Waals surface area contributed by atoms with Crippen molar-refractivity contribution in [1.82, 2.24) is 0 Å². The van der Waals surface area contributed by atoms with Gasteiger partial charge in [-0.15, -0.1) is 5.46 Å². The number of ether oxygens (including phenoxy) is 1. The molecule has 0 atom stereocenters. The van der Waals surface area contributed by atoms with E-state index in [9.17, 15) is 17.3 Å². The molecule has 0 radical (unpaired) electrons. The Morgan fingerprint density at radius 1 is 1.05 bits per heavy atom. The third-order valence-corrected chi connectivity index (χ3v) is 2.88. The molecule has 0 saturated heterocycles. The zero-order valence-corrected chi connectivity index (χ0v) is 15.0. The zero-order chi connectivity index (χ0) is 14.8. The third kappa shape index (κ3) is 5.58. The van der Waals surface area contributed by atoms with Gasteiger partial charge in [-0.1, -0.05) is 29.8 Å². The van der Waals surface area contributed by atoms with Gasteiger partial charge in [0.1, 0.15) is 18.2 Å². The second kappa shape index (κ2) is 7.99. The van der Waals surface area contributed by atoms with Crippen LogP contribution in [0.3, 0.4) is 0 Å². The van der Waals surface area contributed by atoms with E-state index in [1.54, 1.807) is 0 Å². The first-order valence-electron chi connectivity index (χ1n) is 5.73. The summed E-state index contributed by atoms with van der Waals surface area (Å²) in [7, 11) is 0. The summed E-state index contributed by atoms with van der Waals surface area (Å²) in [6.45, 7) is -5.25. The first kappa shape index (κ1) is 19.0. The van der Waals surface area contributed by atoms with Gasteiger partial charge < -0.3 is 17.7 Å². The second-order valence-corrected chi connectivity index (χ2v) is 4.61. The molecular formula is C13H9BClF4KO. The molecule has 0 aliphatic rings. The molecule has 0 fully saturated rings. The van der Waals surface area contributed by atoms with Crippen LogP contribution in [0.25, 0.3) is 0 Å². The van der Waals surface area contributed by atoms with E-state index in [-0.39, 0.29) is 74.3 Å². The van der Waals surface area contributed by atoms with Crippen molar-refractivity contribution in [2.75, 3.05) is 0 Å². The molecular weight excluding hydrogens is 333 g/mol. The van der Waals surface area contributed by atoms with Gasteiger partial charge in [0, 0.05) is 10.6 Å². The topological polar surface area (TPSA) is 9.23 Å². The maximum Gasteiger partial charge on any atom is 1.00 e. The molecule has 0 bridgehead atoms. The molecule has 0 heterocycles. The van der Waals surface area contributed by atoms with E-state index in [0.717, 1.165) is 18.2 Å². The standard InChI is InChI=1S/C13H9BClF4O.K/c15-11-5-4-9(13(16)7-11)8-20-12-3-1-2-10(6-12)14(17,18)19;/h1-7H,8H2;/q-1;+1. The summed E-state index contributed by atoms with van der Waals surface area (Å²) < 4.78 is 56.4. The Kier molecular flexibility index (Phi) is 7.23. The molecule has 8 heteroatoms. The molecule has 0 saturated carbocycles. The van der Waals surface area contributed by atoms with Crippen molar-refractivity contribution in [1.29, 1.82) is 0 Å². The third-order valence-electron chi connectivity index (χ3n) is 2.65. The summed E-state index contributed by atoms with van der Waals surface area (Å²) in [5, 5.41) is 0.244. The Bertz CT molecular complexity index is 621. The Hall–Kier alpha value is -0.0487. The van der Waals surface area contributed by atoms with Crippen LogP contribution in [0.15, 0.2) is 42.5 Å². The maximum absolute atomic E-state index is 13.5. The summed E-state index contributed by atoms with van der Waals surface area (Å²) in [6, 6.07) is 8.53. The smallest absolute Gasteiger partial charge is 0.489 e. The summed E-state index contributed by atoms with van der Waals surface area (Å²) in [6.07, 6.45) is 0. The van der Waals surface area contributed by atoms with E-state index in [0.29, 0.717) is 0 Å². The Morgan fingerprint density at radius 3 is 2.38 bits per heavy atom. The zero-order valence-electron chi connectivity index (χ0n) is 11.1. The molecule has 2 rings (SSSR count). The SMILES string of the molecule is Fc1cc(Cl)ccc1COc1cccc([B-](F)(F)F)c1.[K+]. The van der Waals surface area contributed by atoms with E-state index in [4.69, 9.17) is 16.3 Å². The molecule has 106 valence electrons. The first-order chi connectivity index (χ1) is 9.36. The van der Waals surface area contributed by atoms with Crippen LogP contribution in [-0.2, 0) is 6.61 Å². The molecule has 0 unspecified atom stereocenters. The number of rotatable bonds is 4. The fourth-order valence-electron chi connectivity index (χ4n) is 1.61. The molecule has 0 aliphatic carbocycles. The summed E-state index contributed by atoms with van der Waals surface area (Å²) in [4.78, 5) is 0. The molecule has 0 spiro atoms. The molecule has 2 aromatic rings. The largest absolute Gasteiger partial charge is 1.00 e. The number of hydrogen-bond acceptors (Lipinski definition) is 1. The minimum Gasteiger partial charge on any atom is -0.489 e. The molecule has 0 aromatic heterocycles. The number of halogens is 5. The van der Waals surface area contributed by atoms with Crippen LogP contribution in [0.2, 0.25) is 5.02 Å². The van der Waals surface area contributed by atoms with Gasteiger partial charge >= 0.3 is 58.4 Å². The minimum absolute atomic E-state index is 0. The van der Waals surface area contributed by atoms with Crippen molar-refractivity contribution in [3.63, 3.8) is 0 Å². The van der Waals surface area contributed by atoms with Crippen LogP contribution in [0, 0.1) is 5.82 Å². The maximum atomic E-state index is 13.5. The van der Waals surface area contributed by atoms with Gasteiger partial charge in [-0.25, -0.2) is 4.39 Å². The molecule has 1 nitrogen and oxygen atoms in total. The van der Waals surface area contributed by atoms with Crippen LogP contribution in [0.5, 0.6) is 5.75 Å². The van der Waals surface area contributed by atoms with Gasteiger partial charge in [-0.3, -0.25) is 0 Å². The molecule has 21 heavy (non-hydrogen) atoms. The van der Waals surface area contributed by atoms with Crippen LogP contribution in [0.1, 0.15) is 5.56 Å². The van der Waals surface area contributed by atoms with Crippen LogP contribution < -0.4 is 61.6 Å². The van der Waals surface area contributed by atoms with Crippen molar-refractivity contribution in [2.24, 2.45) is 0 Å². The quantitative estimate of drug-likeness (QED) is 0.598. The minimum atomic E-state index is -5.08. The van der Waals surface area contributed by atoms with Gasteiger partial charge in [0.15, 0.2) is 0 Å². The van der Waals surface area contributed by atoms with Crippen LogP contribution in [0.4, 0.5) is 17.3 Å². The van der Waals surface area contributed by atoms with Crippen molar-refractivity contribution in [2.45, 2.75) is 6.61 Å². The van der Waals surface area contributed by atoms with E-state index >= 15 is 0 Å². The normalized spacial score (nSPS) is 10.9. The summed E-state index contributed by atoms with van der Waals surface area (Å²) in [5.74, 6) is -0.523. The monoisotopic (exact) mass is 342 g/mol. The molecule has 0 amide bonds. The molecule has 2 aromatic carbocycles. The fourth-order valence-corrected chi connectivity index (χ4v) is 1.77. The summed E-state index contributed by atoms with van der Waals surface area (Å²) in [5.41, 5.74) is -0.531. The van der Waals surface area contributed by atoms with Gasteiger partial charge in [0.05, 0.1) is 0 Å². The molecule has 0 N–H and O–H groups in total. The van der Waals surface area contributed by atoms with Crippen LogP contribution in [-0.4, -0.2) is 6.98 Å². The average Bonchev–Trinajstić information content (AvgIpc) is 2.37. The van der Waals surface area contributed by atoms with Gasteiger partial charge in [0.25, 0.3) is 0 Å². The number of benzene rings is 2. The van der Waals surface area contributed by atoms with Crippen molar-refractivity contribution in [3.05, 3.63) is 58.9 Å². The van der Waals surface area contributed by atoms with E-state index in [1.165, 1.54) is 24.3 Å². The predicted octanol–water partition coefficient (Wildman–Crippen LogP) is 1.12. The van der Waals surface area contributed by atoms with E-state index in [1.807, 2.05) is 0 Å². The van der Waals surface area contributed by atoms with E-state index < -0.39 is 18.3 Å². The van der Waals surface area contributed by atoms with E-state index in [2.05, 4.69) is 0 Å². The Morgan fingerprint density at radius 2 is 1.76 bits per heavy atom. The molecule has 0 aliphatic heterocycles. The van der Waals surface area contributed by atoms with Crippen molar-refractivity contribution < 1.29 is 73.5 Å². The first-order valence-corrected chi connectivity index (χ1v) is 6.11. The van der Waals surface area contributed by atoms with Gasteiger partial charge in [0.2, 0.25) is 0 Å². The fraction of sp³-hybridized carbons (Fsp3) is 0.0769. The number of hydrogen-bond donors (Lipinski definition) is 0. The van der Waals surface area contributed by atoms with Gasteiger partial charge in [-0.2, -0.15) is 0 Å². The second-order valence-electron chi connectivity index (χ2n) is 4.17. The van der Waals surface area contributed by atoms with Crippen LogP contribution >= 0.6 is 11.6 Å². The van der Waals surface area contributed by atoms with Crippen molar-refractivity contribution in [3.8, 4) is 5.75 Å². The predicted molar refractivity (Wildman–Crippen MR) is 70.9 cm³/mol. The summed E-state index contributed by atoms with van der Waals surface area (Å²) >= 11 is 5.60.